The predicted molar refractivity (Wildman–Crippen MR) is 79.9 cm³/mol. The normalized spacial score (nSPS) is 24.1. The highest BCUT2D eigenvalue weighted by Crippen LogP contribution is 2.37. The van der Waals surface area contributed by atoms with Crippen LogP contribution in [0.1, 0.15) is 30.1 Å². The van der Waals surface area contributed by atoms with Gasteiger partial charge in [-0.3, -0.25) is 0 Å². The Balaban J connectivity index is 1.64. The van der Waals surface area contributed by atoms with Gasteiger partial charge in [0.1, 0.15) is 24.0 Å². The lowest BCUT2D eigenvalue weighted by molar-refractivity contribution is 0.137. The minimum Gasteiger partial charge on any atom is -0.393 e. The van der Waals surface area contributed by atoms with Crippen molar-refractivity contribution in [3.05, 3.63) is 36.0 Å². The summed E-state index contributed by atoms with van der Waals surface area (Å²) in [6.45, 7) is 0.585. The van der Waals surface area contributed by atoms with Gasteiger partial charge in [-0.25, -0.2) is 4.98 Å². The van der Waals surface area contributed by atoms with E-state index in [2.05, 4.69) is 26.6 Å². The van der Waals surface area contributed by atoms with Crippen molar-refractivity contribution in [2.24, 2.45) is 13.0 Å². The first kappa shape index (κ1) is 14.5. The Hall–Kier alpha value is -2.46. The van der Waals surface area contributed by atoms with Crippen molar-refractivity contribution >= 4 is 5.82 Å². The molecule has 22 heavy (non-hydrogen) atoms. The van der Waals surface area contributed by atoms with Gasteiger partial charge in [-0.15, -0.1) is 10.2 Å². The minimum absolute atomic E-state index is 0.107. The van der Waals surface area contributed by atoms with Crippen molar-refractivity contribution in [1.29, 1.82) is 5.26 Å². The second-order valence-corrected chi connectivity index (χ2v) is 5.69. The fourth-order valence-electron chi connectivity index (χ4n) is 3.06. The number of nitrogens with one attached hydrogen (secondary N) is 1. The first-order valence-electron chi connectivity index (χ1n) is 7.30. The van der Waals surface area contributed by atoms with Crippen LogP contribution in [0.15, 0.2) is 24.7 Å². The molecule has 114 valence electrons. The zero-order valence-electron chi connectivity index (χ0n) is 12.3. The Labute approximate surface area is 128 Å². The summed E-state index contributed by atoms with van der Waals surface area (Å²) >= 11 is 0. The first-order valence-corrected chi connectivity index (χ1v) is 7.30. The van der Waals surface area contributed by atoms with Crippen LogP contribution in [0.25, 0.3) is 0 Å². The van der Waals surface area contributed by atoms with E-state index in [4.69, 9.17) is 5.26 Å². The van der Waals surface area contributed by atoms with Gasteiger partial charge in [0, 0.05) is 31.6 Å². The molecule has 1 saturated carbocycles. The van der Waals surface area contributed by atoms with Gasteiger partial charge in [0.25, 0.3) is 0 Å². The third kappa shape index (κ3) is 2.78. The third-order valence-corrected chi connectivity index (χ3v) is 4.23. The van der Waals surface area contributed by atoms with E-state index in [0.29, 0.717) is 24.3 Å². The molecular weight excluding hydrogens is 280 g/mol. The van der Waals surface area contributed by atoms with Crippen LogP contribution in [0.3, 0.4) is 0 Å². The lowest BCUT2D eigenvalue weighted by Gasteiger charge is -2.15. The molecule has 0 amide bonds. The molecule has 2 N–H and O–H groups in total. The molecule has 7 nitrogen and oxygen atoms in total. The number of nitriles is 1. The van der Waals surface area contributed by atoms with E-state index in [1.54, 1.807) is 24.7 Å². The van der Waals surface area contributed by atoms with Crippen LogP contribution in [-0.2, 0) is 7.05 Å². The van der Waals surface area contributed by atoms with Crippen molar-refractivity contribution < 1.29 is 5.11 Å². The monoisotopic (exact) mass is 298 g/mol. The summed E-state index contributed by atoms with van der Waals surface area (Å²) < 4.78 is 1.90. The summed E-state index contributed by atoms with van der Waals surface area (Å²) in [5.41, 5.74) is 0.514. The van der Waals surface area contributed by atoms with Gasteiger partial charge in [0.05, 0.1) is 11.7 Å². The maximum Gasteiger partial charge on any atom is 0.143 e. The molecule has 0 aliphatic heterocycles. The third-order valence-electron chi connectivity index (χ3n) is 4.23. The van der Waals surface area contributed by atoms with Crippen molar-refractivity contribution in [3.63, 3.8) is 0 Å². The Morgan fingerprint density at radius 3 is 3.09 bits per heavy atom. The van der Waals surface area contributed by atoms with E-state index in [-0.39, 0.29) is 17.9 Å². The highest BCUT2D eigenvalue weighted by atomic mass is 16.3. The molecule has 2 aromatic heterocycles. The van der Waals surface area contributed by atoms with Crippen LogP contribution < -0.4 is 5.32 Å². The molecule has 3 atom stereocenters. The lowest BCUT2D eigenvalue weighted by Crippen LogP contribution is -2.22. The number of rotatable bonds is 4. The molecule has 1 aliphatic rings. The number of aromatic nitrogens is 4. The topological polar surface area (TPSA) is 99.7 Å². The van der Waals surface area contributed by atoms with Gasteiger partial charge in [0.15, 0.2) is 0 Å². The maximum absolute atomic E-state index is 10.3. The second-order valence-electron chi connectivity index (χ2n) is 5.69. The Bertz CT molecular complexity index is 691. The lowest BCUT2D eigenvalue weighted by atomic mass is 10.0. The van der Waals surface area contributed by atoms with E-state index in [9.17, 15) is 5.11 Å². The summed E-state index contributed by atoms with van der Waals surface area (Å²) in [7, 11) is 1.92. The quantitative estimate of drug-likeness (QED) is 0.875. The average Bonchev–Trinajstić information content (AvgIpc) is 3.11. The van der Waals surface area contributed by atoms with Crippen molar-refractivity contribution in [3.8, 4) is 6.07 Å². The molecule has 0 bridgehead atoms. The molecular formula is C15H18N6O. The van der Waals surface area contributed by atoms with Crippen LogP contribution >= 0.6 is 0 Å². The van der Waals surface area contributed by atoms with Crippen LogP contribution in [0.5, 0.6) is 0 Å². The number of pyridine rings is 1. The molecule has 0 radical (unpaired) electrons. The summed E-state index contributed by atoms with van der Waals surface area (Å²) in [5.74, 6) is 1.81. The zero-order chi connectivity index (χ0) is 15.5. The summed E-state index contributed by atoms with van der Waals surface area (Å²) in [5, 5.41) is 30.6. The minimum atomic E-state index is -0.386. The predicted octanol–water partition coefficient (Wildman–Crippen LogP) is 1.05. The Morgan fingerprint density at radius 1 is 1.50 bits per heavy atom. The van der Waals surface area contributed by atoms with Crippen LogP contribution in [-0.4, -0.2) is 37.5 Å². The average molecular weight is 298 g/mol. The van der Waals surface area contributed by atoms with Gasteiger partial charge >= 0.3 is 0 Å². The Morgan fingerprint density at radius 2 is 2.36 bits per heavy atom. The van der Waals surface area contributed by atoms with E-state index in [1.165, 1.54) is 0 Å². The van der Waals surface area contributed by atoms with E-state index in [1.807, 2.05) is 11.6 Å². The van der Waals surface area contributed by atoms with Crippen molar-refractivity contribution in [2.75, 3.05) is 11.9 Å². The number of aryl methyl sites for hydroxylation is 1. The molecule has 1 fully saturated rings. The largest absolute Gasteiger partial charge is 0.393 e. The van der Waals surface area contributed by atoms with Crippen LogP contribution in [0.2, 0.25) is 0 Å². The summed E-state index contributed by atoms with van der Waals surface area (Å²) in [6.07, 6.45) is 4.47. The maximum atomic E-state index is 10.3. The number of hydrogen-bond acceptors (Lipinski definition) is 6. The first-order chi connectivity index (χ1) is 10.7. The van der Waals surface area contributed by atoms with Crippen molar-refractivity contribution in [1.82, 2.24) is 19.7 Å². The summed E-state index contributed by atoms with van der Waals surface area (Å²) in [4.78, 5) is 4.18. The highest BCUT2D eigenvalue weighted by molar-refractivity contribution is 5.51. The number of aliphatic hydroxyl groups excluding tert-OH is 1. The standard InChI is InChI=1S/C15H18N6O/c1-21-9-19-20-15(21)11-5-12(13(22)6-11)8-18-14-10(7-16)3-2-4-17-14/h2-4,9,11-13,22H,5-6,8H2,1H3,(H,17,18)/t11-,12+,13+/m0/s1. The smallest absolute Gasteiger partial charge is 0.143 e. The van der Waals surface area contributed by atoms with Crippen LogP contribution in [0, 0.1) is 17.2 Å². The molecule has 0 aromatic carbocycles. The Kier molecular flexibility index (Phi) is 4.02. The van der Waals surface area contributed by atoms with E-state index in [0.717, 1.165) is 12.2 Å². The number of aliphatic hydroxyl groups is 1. The highest BCUT2D eigenvalue weighted by Gasteiger charge is 2.35. The second kappa shape index (κ2) is 6.12. The molecule has 1 aliphatic carbocycles. The molecule has 3 rings (SSSR count). The molecule has 0 spiro atoms. The molecule has 2 aromatic rings. The number of anilines is 1. The van der Waals surface area contributed by atoms with Gasteiger partial charge in [-0.05, 0) is 25.0 Å². The van der Waals surface area contributed by atoms with Gasteiger partial charge < -0.3 is 15.0 Å². The molecule has 0 unspecified atom stereocenters. The molecule has 2 heterocycles. The van der Waals surface area contributed by atoms with Gasteiger partial charge in [-0.1, -0.05) is 0 Å². The van der Waals surface area contributed by atoms with E-state index >= 15 is 0 Å². The fraction of sp³-hybridized carbons (Fsp3) is 0.467. The fourth-order valence-corrected chi connectivity index (χ4v) is 3.06. The number of nitrogens with zero attached hydrogens (tertiary/aromatic N) is 5. The molecule has 0 saturated heterocycles. The summed E-state index contributed by atoms with van der Waals surface area (Å²) in [6, 6.07) is 5.57. The number of hydrogen-bond donors (Lipinski definition) is 2. The molecule has 7 heteroatoms. The van der Waals surface area contributed by atoms with E-state index < -0.39 is 0 Å². The van der Waals surface area contributed by atoms with Gasteiger partial charge in [-0.2, -0.15) is 5.26 Å². The van der Waals surface area contributed by atoms with Gasteiger partial charge in [0.2, 0.25) is 0 Å². The zero-order valence-corrected chi connectivity index (χ0v) is 12.3. The van der Waals surface area contributed by atoms with Crippen LogP contribution in [0.4, 0.5) is 5.82 Å². The van der Waals surface area contributed by atoms with Crippen molar-refractivity contribution in [2.45, 2.75) is 24.9 Å². The SMILES string of the molecule is Cn1cnnc1[C@H]1C[C@H](CNc2ncccc2C#N)[C@H](O)C1.